The van der Waals surface area contributed by atoms with Gasteiger partial charge >= 0.3 is 0 Å². The van der Waals surface area contributed by atoms with Gasteiger partial charge in [-0.15, -0.1) is 0 Å². The summed E-state index contributed by atoms with van der Waals surface area (Å²) in [6, 6.07) is 17.2. The molecular formula is C24H32N2O. The SMILES string of the molecule is CC[C@@H](NC(=O)C1CCN(Cc2ccccc2)CC1)c1ccc(C)cc1C. The fourth-order valence-electron chi connectivity index (χ4n) is 4.10. The Kier molecular flexibility index (Phi) is 6.68. The average molecular weight is 365 g/mol. The van der Waals surface area contributed by atoms with Crippen molar-refractivity contribution < 1.29 is 4.79 Å². The number of piperidine rings is 1. The van der Waals surface area contributed by atoms with Crippen LogP contribution >= 0.6 is 0 Å². The lowest BCUT2D eigenvalue weighted by Crippen LogP contribution is -2.41. The molecule has 1 amide bonds. The van der Waals surface area contributed by atoms with Gasteiger partial charge in [0.05, 0.1) is 6.04 Å². The van der Waals surface area contributed by atoms with Crippen LogP contribution < -0.4 is 5.32 Å². The number of amides is 1. The molecule has 2 aromatic rings. The number of carbonyl (C=O) groups is 1. The third-order valence-corrected chi connectivity index (χ3v) is 5.73. The maximum atomic E-state index is 12.9. The van der Waals surface area contributed by atoms with E-state index in [9.17, 15) is 4.79 Å². The normalized spacial score (nSPS) is 16.9. The molecule has 0 aliphatic carbocycles. The Morgan fingerprint density at radius 2 is 1.81 bits per heavy atom. The molecule has 1 saturated heterocycles. The van der Waals surface area contributed by atoms with Gasteiger partial charge in [0, 0.05) is 12.5 Å². The van der Waals surface area contributed by atoms with E-state index in [-0.39, 0.29) is 17.9 Å². The third kappa shape index (κ3) is 5.20. The molecule has 1 fully saturated rings. The van der Waals surface area contributed by atoms with Crippen LogP contribution in [0.4, 0.5) is 0 Å². The zero-order valence-electron chi connectivity index (χ0n) is 16.9. The molecule has 0 bridgehead atoms. The number of hydrogen-bond donors (Lipinski definition) is 1. The fourth-order valence-corrected chi connectivity index (χ4v) is 4.10. The van der Waals surface area contributed by atoms with Gasteiger partial charge in [-0.2, -0.15) is 0 Å². The molecule has 0 aromatic heterocycles. The quantitative estimate of drug-likeness (QED) is 0.800. The molecule has 1 heterocycles. The highest BCUT2D eigenvalue weighted by Gasteiger charge is 2.26. The van der Waals surface area contributed by atoms with Crippen LogP contribution in [0, 0.1) is 19.8 Å². The smallest absolute Gasteiger partial charge is 0.223 e. The van der Waals surface area contributed by atoms with Crippen LogP contribution in [-0.2, 0) is 11.3 Å². The summed E-state index contributed by atoms with van der Waals surface area (Å²) in [6.45, 7) is 9.36. The molecular weight excluding hydrogens is 332 g/mol. The number of likely N-dealkylation sites (tertiary alicyclic amines) is 1. The van der Waals surface area contributed by atoms with E-state index in [0.717, 1.165) is 38.9 Å². The molecule has 1 aliphatic heterocycles. The Hall–Kier alpha value is -2.13. The van der Waals surface area contributed by atoms with Crippen LogP contribution in [0.1, 0.15) is 54.5 Å². The number of rotatable bonds is 6. The molecule has 1 aliphatic rings. The lowest BCUT2D eigenvalue weighted by atomic mass is 9.93. The van der Waals surface area contributed by atoms with E-state index in [1.54, 1.807) is 0 Å². The van der Waals surface area contributed by atoms with Gasteiger partial charge in [0.25, 0.3) is 0 Å². The van der Waals surface area contributed by atoms with Crippen molar-refractivity contribution in [1.82, 2.24) is 10.2 Å². The van der Waals surface area contributed by atoms with Crippen molar-refractivity contribution in [1.29, 1.82) is 0 Å². The van der Waals surface area contributed by atoms with Crippen molar-refractivity contribution in [3.8, 4) is 0 Å². The predicted octanol–water partition coefficient (Wildman–Crippen LogP) is 4.78. The van der Waals surface area contributed by atoms with Gasteiger partial charge in [-0.3, -0.25) is 9.69 Å². The van der Waals surface area contributed by atoms with Gasteiger partial charge in [0.15, 0.2) is 0 Å². The third-order valence-electron chi connectivity index (χ3n) is 5.73. The Morgan fingerprint density at radius 1 is 1.11 bits per heavy atom. The highest BCUT2D eigenvalue weighted by atomic mass is 16.1. The van der Waals surface area contributed by atoms with Crippen molar-refractivity contribution in [3.63, 3.8) is 0 Å². The largest absolute Gasteiger partial charge is 0.349 e. The molecule has 3 nitrogen and oxygen atoms in total. The predicted molar refractivity (Wildman–Crippen MR) is 112 cm³/mol. The van der Waals surface area contributed by atoms with Gasteiger partial charge in [-0.1, -0.05) is 61.0 Å². The molecule has 0 saturated carbocycles. The number of benzene rings is 2. The number of carbonyl (C=O) groups excluding carboxylic acids is 1. The summed E-state index contributed by atoms with van der Waals surface area (Å²) in [6.07, 6.45) is 2.81. The minimum absolute atomic E-state index is 0.112. The Bertz CT molecular complexity index is 748. The average Bonchev–Trinajstić information content (AvgIpc) is 2.68. The van der Waals surface area contributed by atoms with Crippen molar-refractivity contribution in [2.24, 2.45) is 5.92 Å². The van der Waals surface area contributed by atoms with Gasteiger partial charge < -0.3 is 5.32 Å². The maximum absolute atomic E-state index is 12.9. The molecule has 144 valence electrons. The standard InChI is InChI=1S/C24H32N2O/c1-4-23(22-11-10-18(2)16-19(22)3)25-24(27)21-12-14-26(15-13-21)17-20-8-6-5-7-9-20/h5-11,16,21,23H,4,12-15,17H2,1-3H3,(H,25,27)/t23-/m1/s1. The topological polar surface area (TPSA) is 32.3 Å². The van der Waals surface area contributed by atoms with Crippen molar-refractivity contribution in [2.45, 2.75) is 52.6 Å². The molecule has 3 rings (SSSR count). The van der Waals surface area contributed by atoms with E-state index < -0.39 is 0 Å². The van der Waals surface area contributed by atoms with Crippen LogP contribution in [0.2, 0.25) is 0 Å². The zero-order chi connectivity index (χ0) is 19.2. The molecule has 0 spiro atoms. The molecule has 3 heteroatoms. The number of aryl methyl sites for hydroxylation is 2. The summed E-state index contributed by atoms with van der Waals surface area (Å²) in [5.41, 5.74) is 5.13. The second-order valence-corrected chi connectivity index (χ2v) is 7.87. The first-order valence-electron chi connectivity index (χ1n) is 10.2. The first-order chi connectivity index (χ1) is 13.1. The van der Waals surface area contributed by atoms with E-state index in [1.807, 2.05) is 0 Å². The highest BCUT2D eigenvalue weighted by Crippen LogP contribution is 2.24. The summed E-state index contributed by atoms with van der Waals surface area (Å²) in [7, 11) is 0. The minimum atomic E-state index is 0.112. The lowest BCUT2D eigenvalue weighted by Gasteiger charge is -2.32. The molecule has 1 atom stereocenters. The summed E-state index contributed by atoms with van der Waals surface area (Å²) in [5.74, 6) is 0.359. The first kappa shape index (κ1) is 19.6. The number of nitrogens with one attached hydrogen (secondary N) is 1. The summed E-state index contributed by atoms with van der Waals surface area (Å²) < 4.78 is 0. The fraction of sp³-hybridized carbons (Fsp3) is 0.458. The van der Waals surface area contributed by atoms with Crippen LogP contribution in [0.5, 0.6) is 0 Å². The van der Waals surface area contributed by atoms with E-state index in [2.05, 4.69) is 79.5 Å². The van der Waals surface area contributed by atoms with Crippen molar-refractivity contribution >= 4 is 5.91 Å². The van der Waals surface area contributed by atoms with Gasteiger partial charge in [0.1, 0.15) is 0 Å². The minimum Gasteiger partial charge on any atom is -0.349 e. The summed E-state index contributed by atoms with van der Waals surface area (Å²) in [5, 5.41) is 3.32. The van der Waals surface area contributed by atoms with Gasteiger partial charge in [-0.05, 0) is 62.9 Å². The molecule has 1 N–H and O–H groups in total. The van der Waals surface area contributed by atoms with Crippen LogP contribution in [0.3, 0.4) is 0 Å². The van der Waals surface area contributed by atoms with E-state index in [4.69, 9.17) is 0 Å². The number of nitrogens with zero attached hydrogens (tertiary/aromatic N) is 1. The zero-order valence-corrected chi connectivity index (χ0v) is 16.9. The second kappa shape index (κ2) is 9.18. The Labute approximate surface area is 163 Å². The van der Waals surface area contributed by atoms with Crippen LogP contribution in [-0.4, -0.2) is 23.9 Å². The lowest BCUT2D eigenvalue weighted by molar-refractivity contribution is -0.127. The molecule has 0 unspecified atom stereocenters. The monoisotopic (exact) mass is 364 g/mol. The van der Waals surface area contributed by atoms with E-state index in [1.165, 1.54) is 22.3 Å². The Balaban J connectivity index is 1.54. The molecule has 0 radical (unpaired) electrons. The van der Waals surface area contributed by atoms with Gasteiger partial charge in [-0.25, -0.2) is 0 Å². The molecule has 27 heavy (non-hydrogen) atoms. The summed E-state index contributed by atoms with van der Waals surface area (Å²) >= 11 is 0. The van der Waals surface area contributed by atoms with E-state index >= 15 is 0 Å². The van der Waals surface area contributed by atoms with Crippen molar-refractivity contribution in [2.75, 3.05) is 13.1 Å². The Morgan fingerprint density at radius 3 is 2.44 bits per heavy atom. The maximum Gasteiger partial charge on any atom is 0.223 e. The van der Waals surface area contributed by atoms with Gasteiger partial charge in [0.2, 0.25) is 5.91 Å². The van der Waals surface area contributed by atoms with Crippen LogP contribution in [0.25, 0.3) is 0 Å². The molecule has 2 aromatic carbocycles. The van der Waals surface area contributed by atoms with Crippen LogP contribution in [0.15, 0.2) is 48.5 Å². The summed E-state index contributed by atoms with van der Waals surface area (Å²) in [4.78, 5) is 15.3. The van der Waals surface area contributed by atoms with E-state index in [0.29, 0.717) is 0 Å². The first-order valence-corrected chi connectivity index (χ1v) is 10.2. The highest BCUT2D eigenvalue weighted by molar-refractivity contribution is 5.79. The second-order valence-electron chi connectivity index (χ2n) is 7.87. The number of hydrogen-bond acceptors (Lipinski definition) is 2. The van der Waals surface area contributed by atoms with Crippen molar-refractivity contribution in [3.05, 3.63) is 70.8 Å².